The SMILES string of the molecule is C=CCCCCCOc1ccc(F)cc1CO. The summed E-state index contributed by atoms with van der Waals surface area (Å²) in [4.78, 5) is 0. The van der Waals surface area contributed by atoms with E-state index in [2.05, 4.69) is 6.58 Å². The minimum absolute atomic E-state index is 0.205. The largest absolute Gasteiger partial charge is 0.493 e. The van der Waals surface area contributed by atoms with Gasteiger partial charge in [0.25, 0.3) is 0 Å². The minimum atomic E-state index is -0.354. The molecule has 0 saturated carbocycles. The van der Waals surface area contributed by atoms with Crippen LogP contribution in [0.25, 0.3) is 0 Å². The normalized spacial score (nSPS) is 10.2. The van der Waals surface area contributed by atoms with Crippen molar-refractivity contribution in [3.05, 3.63) is 42.2 Å². The molecular weight excluding hydrogens is 219 g/mol. The highest BCUT2D eigenvalue weighted by atomic mass is 19.1. The van der Waals surface area contributed by atoms with Gasteiger partial charge in [-0.25, -0.2) is 4.39 Å². The Bertz CT molecular complexity index is 350. The number of unbranched alkanes of at least 4 members (excludes halogenated alkanes) is 3. The number of rotatable bonds is 8. The lowest BCUT2D eigenvalue weighted by molar-refractivity contribution is 0.259. The Hall–Kier alpha value is -1.35. The molecule has 2 nitrogen and oxygen atoms in total. The molecule has 0 atom stereocenters. The Kier molecular flexibility index (Phi) is 6.33. The third-order valence-corrected chi connectivity index (χ3v) is 2.50. The lowest BCUT2D eigenvalue weighted by atomic mass is 10.2. The predicted molar refractivity (Wildman–Crippen MR) is 66.5 cm³/mol. The van der Waals surface area contributed by atoms with E-state index in [9.17, 15) is 4.39 Å². The van der Waals surface area contributed by atoms with Gasteiger partial charge in [0.1, 0.15) is 11.6 Å². The van der Waals surface area contributed by atoms with Gasteiger partial charge in [-0.2, -0.15) is 0 Å². The van der Waals surface area contributed by atoms with Crippen LogP contribution in [0.4, 0.5) is 4.39 Å². The first-order valence-corrected chi connectivity index (χ1v) is 5.91. The third kappa shape index (κ3) is 5.00. The summed E-state index contributed by atoms with van der Waals surface area (Å²) >= 11 is 0. The van der Waals surface area contributed by atoms with E-state index in [4.69, 9.17) is 9.84 Å². The second-order valence-electron chi connectivity index (χ2n) is 3.90. The van der Waals surface area contributed by atoms with Crippen molar-refractivity contribution in [1.29, 1.82) is 0 Å². The Labute approximate surface area is 102 Å². The van der Waals surface area contributed by atoms with E-state index in [1.807, 2.05) is 6.08 Å². The van der Waals surface area contributed by atoms with E-state index in [-0.39, 0.29) is 12.4 Å². The van der Waals surface area contributed by atoms with E-state index in [0.29, 0.717) is 17.9 Å². The molecule has 0 amide bonds. The van der Waals surface area contributed by atoms with E-state index in [1.165, 1.54) is 12.1 Å². The van der Waals surface area contributed by atoms with Crippen molar-refractivity contribution >= 4 is 0 Å². The van der Waals surface area contributed by atoms with Crippen LogP contribution in [0.15, 0.2) is 30.9 Å². The first-order chi connectivity index (χ1) is 8.27. The summed E-state index contributed by atoms with van der Waals surface area (Å²) in [6.45, 7) is 4.05. The predicted octanol–water partition coefficient (Wildman–Crippen LogP) is 3.44. The highest BCUT2D eigenvalue weighted by Gasteiger charge is 2.04. The van der Waals surface area contributed by atoms with Gasteiger partial charge in [-0.05, 0) is 43.9 Å². The third-order valence-electron chi connectivity index (χ3n) is 2.50. The van der Waals surface area contributed by atoms with E-state index in [1.54, 1.807) is 6.07 Å². The molecule has 0 aliphatic carbocycles. The zero-order valence-corrected chi connectivity index (χ0v) is 9.99. The number of hydrogen-bond donors (Lipinski definition) is 1. The molecule has 0 heterocycles. The molecule has 1 N–H and O–H groups in total. The molecule has 0 unspecified atom stereocenters. The van der Waals surface area contributed by atoms with Crippen LogP contribution in [0.3, 0.4) is 0 Å². The van der Waals surface area contributed by atoms with Crippen molar-refractivity contribution in [3.8, 4) is 5.75 Å². The Morgan fingerprint density at radius 3 is 2.82 bits per heavy atom. The topological polar surface area (TPSA) is 29.5 Å². The maximum Gasteiger partial charge on any atom is 0.125 e. The molecule has 0 saturated heterocycles. The van der Waals surface area contributed by atoms with Crippen LogP contribution < -0.4 is 4.74 Å². The molecular formula is C14H19FO2. The van der Waals surface area contributed by atoms with Crippen molar-refractivity contribution < 1.29 is 14.2 Å². The summed E-state index contributed by atoms with van der Waals surface area (Å²) in [5.74, 6) is 0.213. The second-order valence-corrected chi connectivity index (χ2v) is 3.90. The fourth-order valence-electron chi connectivity index (χ4n) is 1.56. The zero-order valence-electron chi connectivity index (χ0n) is 9.99. The molecule has 1 aromatic rings. The van der Waals surface area contributed by atoms with Crippen LogP contribution in [0, 0.1) is 5.82 Å². The molecule has 1 rings (SSSR count). The summed E-state index contributed by atoms with van der Waals surface area (Å²) < 4.78 is 18.4. The summed E-state index contributed by atoms with van der Waals surface area (Å²) in [7, 11) is 0. The molecule has 1 aromatic carbocycles. The average molecular weight is 238 g/mol. The summed E-state index contributed by atoms with van der Waals surface area (Å²) in [6.07, 6.45) is 6.09. The van der Waals surface area contributed by atoms with Gasteiger partial charge >= 0.3 is 0 Å². The van der Waals surface area contributed by atoms with Gasteiger partial charge in [-0.1, -0.05) is 6.08 Å². The van der Waals surface area contributed by atoms with Crippen LogP contribution in [0.2, 0.25) is 0 Å². The molecule has 94 valence electrons. The van der Waals surface area contributed by atoms with Crippen molar-refractivity contribution in [2.45, 2.75) is 32.3 Å². The van der Waals surface area contributed by atoms with Gasteiger partial charge in [0, 0.05) is 5.56 Å². The molecule has 0 aromatic heterocycles. The average Bonchev–Trinajstić information content (AvgIpc) is 2.35. The summed E-state index contributed by atoms with van der Waals surface area (Å²) in [5.41, 5.74) is 0.496. The van der Waals surface area contributed by atoms with Gasteiger partial charge in [0.05, 0.1) is 13.2 Å². The second kappa shape index (κ2) is 7.85. The smallest absolute Gasteiger partial charge is 0.125 e. The van der Waals surface area contributed by atoms with E-state index >= 15 is 0 Å². The molecule has 0 aliphatic heterocycles. The summed E-state index contributed by atoms with van der Waals surface area (Å²) in [5, 5.41) is 9.06. The molecule has 0 bridgehead atoms. The van der Waals surface area contributed by atoms with Gasteiger partial charge < -0.3 is 9.84 Å². The number of aliphatic hydroxyl groups is 1. The van der Waals surface area contributed by atoms with Crippen molar-refractivity contribution in [1.82, 2.24) is 0 Å². The van der Waals surface area contributed by atoms with Crippen molar-refractivity contribution in [2.75, 3.05) is 6.61 Å². The molecule has 3 heteroatoms. The molecule has 0 fully saturated rings. The lowest BCUT2D eigenvalue weighted by Gasteiger charge is -2.09. The first-order valence-electron chi connectivity index (χ1n) is 5.91. The van der Waals surface area contributed by atoms with Crippen LogP contribution in [-0.2, 0) is 6.61 Å². The lowest BCUT2D eigenvalue weighted by Crippen LogP contribution is -2.00. The van der Waals surface area contributed by atoms with Crippen LogP contribution in [-0.4, -0.2) is 11.7 Å². The number of halogens is 1. The van der Waals surface area contributed by atoms with Gasteiger partial charge in [0.15, 0.2) is 0 Å². The highest BCUT2D eigenvalue weighted by molar-refractivity contribution is 5.33. The number of hydrogen-bond acceptors (Lipinski definition) is 2. The van der Waals surface area contributed by atoms with Gasteiger partial charge in [-0.3, -0.25) is 0 Å². The number of allylic oxidation sites excluding steroid dienone is 1. The fourth-order valence-corrected chi connectivity index (χ4v) is 1.56. The van der Waals surface area contributed by atoms with Crippen LogP contribution in [0.1, 0.15) is 31.2 Å². The minimum Gasteiger partial charge on any atom is -0.493 e. The molecule has 0 aliphatic rings. The number of benzene rings is 1. The standard InChI is InChI=1S/C14H19FO2/c1-2-3-4-5-6-9-17-14-8-7-13(15)10-12(14)11-16/h2,7-8,10,16H,1,3-6,9,11H2. The van der Waals surface area contributed by atoms with Crippen LogP contribution in [0.5, 0.6) is 5.75 Å². The van der Waals surface area contributed by atoms with Crippen LogP contribution >= 0.6 is 0 Å². The maximum atomic E-state index is 12.9. The number of ether oxygens (including phenoxy) is 1. The maximum absolute atomic E-state index is 12.9. The Morgan fingerprint density at radius 2 is 2.12 bits per heavy atom. The van der Waals surface area contributed by atoms with Gasteiger partial charge in [-0.15, -0.1) is 6.58 Å². The first kappa shape index (κ1) is 13.7. The molecule has 0 spiro atoms. The van der Waals surface area contributed by atoms with Crippen molar-refractivity contribution in [2.24, 2.45) is 0 Å². The van der Waals surface area contributed by atoms with E-state index < -0.39 is 0 Å². The monoisotopic (exact) mass is 238 g/mol. The van der Waals surface area contributed by atoms with Crippen molar-refractivity contribution in [3.63, 3.8) is 0 Å². The zero-order chi connectivity index (χ0) is 12.5. The molecule has 17 heavy (non-hydrogen) atoms. The Balaban J connectivity index is 2.33. The quantitative estimate of drug-likeness (QED) is 0.555. The van der Waals surface area contributed by atoms with Gasteiger partial charge in [0.2, 0.25) is 0 Å². The molecule has 0 radical (unpaired) electrons. The fraction of sp³-hybridized carbons (Fsp3) is 0.429. The van der Waals surface area contributed by atoms with E-state index in [0.717, 1.165) is 25.7 Å². The highest BCUT2D eigenvalue weighted by Crippen LogP contribution is 2.20. The Morgan fingerprint density at radius 1 is 1.29 bits per heavy atom. The number of aliphatic hydroxyl groups excluding tert-OH is 1. The summed E-state index contributed by atoms with van der Waals surface area (Å²) in [6, 6.07) is 4.20.